The lowest BCUT2D eigenvalue weighted by molar-refractivity contribution is -0.136. The average molecular weight is 908 g/mol. The number of rotatable bonds is 15. The number of piperidine rings is 1. The summed E-state index contributed by atoms with van der Waals surface area (Å²) in [5.74, 6) is -1.89. The van der Waals surface area contributed by atoms with E-state index < -0.39 is 29.7 Å². The third-order valence-corrected chi connectivity index (χ3v) is 13.8. The number of imide groups is 2. The maximum absolute atomic E-state index is 14.1. The Morgan fingerprint density at radius 2 is 1.72 bits per heavy atom. The summed E-state index contributed by atoms with van der Waals surface area (Å²) in [6, 6.07) is 16.0. The van der Waals surface area contributed by atoms with Crippen molar-refractivity contribution < 1.29 is 37.9 Å². The van der Waals surface area contributed by atoms with Gasteiger partial charge in [0, 0.05) is 74.8 Å². The molecule has 1 aromatic heterocycles. The molecule has 3 aliphatic heterocycles. The monoisotopic (exact) mass is 907 g/mol. The van der Waals surface area contributed by atoms with Gasteiger partial charge in [-0.05, 0) is 104 Å². The number of carbonyl (C=O) groups is 6. The first kappa shape index (κ1) is 45.6. The second-order valence-corrected chi connectivity index (χ2v) is 18.1. The molecule has 3 aromatic carbocycles. The number of piperazine rings is 1. The minimum Gasteiger partial charge on any atom is -0.489 e. The van der Waals surface area contributed by atoms with Crippen molar-refractivity contribution in [3.8, 4) is 5.75 Å². The van der Waals surface area contributed by atoms with E-state index in [-0.39, 0.29) is 72.0 Å². The molecule has 2 unspecified atom stereocenters. The first-order chi connectivity index (χ1) is 31.4. The second kappa shape index (κ2) is 20.1. The van der Waals surface area contributed by atoms with Gasteiger partial charge in [-0.3, -0.25) is 48.9 Å². The van der Waals surface area contributed by atoms with Crippen LogP contribution >= 0.6 is 11.6 Å². The third kappa shape index (κ3) is 10.2. The zero-order chi connectivity index (χ0) is 45.8. The molecule has 1 saturated carbocycles. The van der Waals surface area contributed by atoms with E-state index in [1.54, 1.807) is 54.7 Å². The molecule has 65 heavy (non-hydrogen) atoms. The molecule has 14 nitrogen and oxygen atoms in total. The summed E-state index contributed by atoms with van der Waals surface area (Å²) in [4.78, 5) is 87.3. The molecule has 4 aliphatic rings. The van der Waals surface area contributed by atoms with Crippen molar-refractivity contribution in [3.63, 3.8) is 0 Å². The highest BCUT2D eigenvalue weighted by Gasteiger charge is 2.46. The van der Waals surface area contributed by atoms with Gasteiger partial charge in [-0.2, -0.15) is 0 Å². The number of benzene rings is 3. The summed E-state index contributed by atoms with van der Waals surface area (Å²) in [6.45, 7) is 6.76. The Hall–Kier alpha value is -5.93. The van der Waals surface area contributed by atoms with Gasteiger partial charge >= 0.3 is 0 Å². The fourth-order valence-corrected chi connectivity index (χ4v) is 10.0. The number of hydrogen-bond donors (Lipinski definition) is 3. The molecule has 0 radical (unpaired) electrons. The van der Waals surface area contributed by atoms with Crippen molar-refractivity contribution in [1.29, 1.82) is 0 Å². The van der Waals surface area contributed by atoms with Crippen molar-refractivity contribution in [2.45, 2.75) is 89.7 Å². The summed E-state index contributed by atoms with van der Waals surface area (Å²) in [7, 11) is 0. The maximum Gasteiger partial charge on any atom is 0.264 e. The lowest BCUT2D eigenvalue weighted by Gasteiger charge is -2.36. The van der Waals surface area contributed by atoms with Crippen LogP contribution in [0.1, 0.15) is 104 Å². The first-order valence-electron chi connectivity index (χ1n) is 22.8. The van der Waals surface area contributed by atoms with Crippen LogP contribution in [0.2, 0.25) is 5.02 Å². The molecule has 4 heterocycles. The largest absolute Gasteiger partial charge is 0.489 e. The normalized spacial score (nSPS) is 21.2. The van der Waals surface area contributed by atoms with Crippen molar-refractivity contribution in [2.75, 3.05) is 49.5 Å². The lowest BCUT2D eigenvalue weighted by atomic mass is 9.73. The highest BCUT2D eigenvalue weighted by molar-refractivity contribution is 6.32. The van der Waals surface area contributed by atoms with Crippen molar-refractivity contribution in [2.24, 2.45) is 11.8 Å². The number of halogens is 2. The standard InChI is InChI=1S/C49H55ClFN7O7/c1-3-5-34(65-42-27-33(13-14-38(42)50)54-46(61)29(2)30-8-10-31(11-9-30)35-19-21-52-39-15-12-32(51)26-37(35)39)18-20-53-44(60)28-56-22-24-57(25-23-56)40-7-4-6-36-45(40)49(64)58(48(36)63)41-16-17-43(59)55-47(41)62/h4,6-7,12-15,19,21,26-27,29-31,34,41H,3,5,8-11,16-18,20,22-25,28H2,1-2H3,(H,53,60)(H,54,61)(H,55,59,62)/t29-,30-,31+,34?,41?/m1/s1. The molecular formula is C49H55ClFN7O7. The molecule has 342 valence electrons. The zero-order valence-electron chi connectivity index (χ0n) is 36.7. The maximum atomic E-state index is 14.1. The molecule has 3 N–H and O–H groups in total. The Morgan fingerprint density at radius 3 is 2.48 bits per heavy atom. The number of carbonyl (C=O) groups excluding carboxylic acids is 6. The fourth-order valence-electron chi connectivity index (χ4n) is 9.87. The number of ether oxygens (including phenoxy) is 1. The number of anilines is 2. The lowest BCUT2D eigenvalue weighted by Crippen LogP contribution is -2.54. The first-order valence-corrected chi connectivity index (χ1v) is 23.2. The summed E-state index contributed by atoms with van der Waals surface area (Å²) < 4.78 is 20.5. The summed E-state index contributed by atoms with van der Waals surface area (Å²) in [5.41, 5.74) is 3.60. The average Bonchev–Trinajstić information content (AvgIpc) is 3.55. The smallest absolute Gasteiger partial charge is 0.264 e. The van der Waals surface area contributed by atoms with E-state index in [1.165, 1.54) is 6.07 Å². The minimum absolute atomic E-state index is 0.0494. The molecule has 6 amide bonds. The van der Waals surface area contributed by atoms with E-state index in [0.29, 0.717) is 61.3 Å². The third-order valence-electron chi connectivity index (χ3n) is 13.5. The van der Waals surface area contributed by atoms with Gasteiger partial charge in [0.2, 0.25) is 23.6 Å². The number of pyridine rings is 1. The molecule has 0 spiro atoms. The molecular weight excluding hydrogens is 853 g/mol. The molecule has 4 aromatic rings. The van der Waals surface area contributed by atoms with Gasteiger partial charge in [0.05, 0.1) is 33.9 Å². The molecule has 0 bridgehead atoms. The SMILES string of the molecule is CCCC(CCNC(=O)CN1CCN(c2cccc3c2C(=O)N(C2CCC(=O)NC2=O)C3=O)CC1)Oc1cc(NC(=O)[C@H](C)[C@H]2CC[C@@H](c3ccnc4ccc(F)cc43)CC2)ccc1Cl. The molecule has 2 saturated heterocycles. The van der Waals surface area contributed by atoms with Crippen LogP contribution in [-0.2, 0) is 19.2 Å². The highest BCUT2D eigenvalue weighted by atomic mass is 35.5. The van der Waals surface area contributed by atoms with Crippen LogP contribution in [0.4, 0.5) is 15.8 Å². The molecule has 3 fully saturated rings. The van der Waals surface area contributed by atoms with Gasteiger partial charge in [0.15, 0.2) is 0 Å². The van der Waals surface area contributed by atoms with Gasteiger partial charge in [-0.1, -0.05) is 37.9 Å². The van der Waals surface area contributed by atoms with E-state index >= 15 is 0 Å². The number of nitrogens with zero attached hydrogens (tertiary/aromatic N) is 4. The van der Waals surface area contributed by atoms with Crippen LogP contribution in [0.15, 0.2) is 66.9 Å². The number of amides is 6. The molecule has 3 atom stereocenters. The Balaban J connectivity index is 0.786. The summed E-state index contributed by atoms with van der Waals surface area (Å²) in [5, 5.41) is 9.62. The second-order valence-electron chi connectivity index (χ2n) is 17.7. The zero-order valence-corrected chi connectivity index (χ0v) is 37.5. The van der Waals surface area contributed by atoms with Crippen molar-refractivity contribution in [3.05, 3.63) is 94.4 Å². The fraction of sp³-hybridized carbons (Fsp3) is 0.449. The molecule has 8 rings (SSSR count). The van der Waals surface area contributed by atoms with Gasteiger partial charge in [0.1, 0.15) is 23.7 Å². The van der Waals surface area contributed by atoms with Crippen LogP contribution in [0.3, 0.4) is 0 Å². The number of aromatic nitrogens is 1. The van der Waals surface area contributed by atoms with E-state index in [1.807, 2.05) is 22.8 Å². The van der Waals surface area contributed by atoms with Crippen LogP contribution in [0.5, 0.6) is 5.75 Å². The van der Waals surface area contributed by atoms with E-state index in [4.69, 9.17) is 16.3 Å². The topological polar surface area (TPSA) is 170 Å². The number of nitrogens with one attached hydrogen (secondary N) is 3. The predicted molar refractivity (Wildman–Crippen MR) is 244 cm³/mol. The van der Waals surface area contributed by atoms with Crippen LogP contribution < -0.4 is 25.6 Å². The van der Waals surface area contributed by atoms with E-state index in [9.17, 15) is 33.2 Å². The summed E-state index contributed by atoms with van der Waals surface area (Å²) >= 11 is 6.60. The van der Waals surface area contributed by atoms with Crippen LogP contribution in [0, 0.1) is 17.7 Å². The highest BCUT2D eigenvalue weighted by Crippen LogP contribution is 2.41. The van der Waals surface area contributed by atoms with Gasteiger partial charge in [0.25, 0.3) is 11.8 Å². The summed E-state index contributed by atoms with van der Waals surface area (Å²) in [6.07, 6.45) is 7.42. The minimum atomic E-state index is -1.04. The number of fused-ring (bicyclic) bond motifs is 2. The number of hydrogen-bond acceptors (Lipinski definition) is 10. The van der Waals surface area contributed by atoms with E-state index in [2.05, 4.69) is 27.9 Å². The Morgan fingerprint density at radius 1 is 0.938 bits per heavy atom. The van der Waals surface area contributed by atoms with E-state index in [0.717, 1.165) is 59.9 Å². The van der Waals surface area contributed by atoms with Crippen molar-refractivity contribution in [1.82, 2.24) is 25.4 Å². The Labute approximate surface area is 382 Å². The Kier molecular flexibility index (Phi) is 14.1. The van der Waals surface area contributed by atoms with Crippen LogP contribution in [0.25, 0.3) is 10.9 Å². The quantitative estimate of drug-likeness (QED) is 0.107. The predicted octanol–water partition coefficient (Wildman–Crippen LogP) is 6.85. The van der Waals surface area contributed by atoms with Gasteiger partial charge < -0.3 is 20.3 Å². The van der Waals surface area contributed by atoms with Crippen molar-refractivity contribution >= 4 is 69.3 Å². The Bertz CT molecular complexity index is 2490. The van der Waals surface area contributed by atoms with Gasteiger partial charge in [-0.15, -0.1) is 0 Å². The molecule has 1 aliphatic carbocycles. The molecule has 16 heteroatoms. The van der Waals surface area contributed by atoms with Gasteiger partial charge in [-0.25, -0.2) is 4.39 Å². The van der Waals surface area contributed by atoms with Crippen LogP contribution in [-0.4, -0.2) is 102 Å².